The van der Waals surface area contributed by atoms with E-state index >= 15 is 0 Å². The summed E-state index contributed by atoms with van der Waals surface area (Å²) in [5, 5.41) is 6.34. The summed E-state index contributed by atoms with van der Waals surface area (Å²) < 4.78 is 16.1. The Balaban J connectivity index is 1.62. The standard InChI is InChI=1S/C22H24Cl2N6O5/c1-5-16(31)26-12-9-35-10-13(12)27-21-25-7-11-8-30(22(32)29(2)20(11)28-21)19-17(23)14(33-3)6-15(34-4)18(19)24/h5-7,12-13H,1,8-10H2,2-4H3,(H,26,31)(H,25,27,28)/t12-,13+/m1/s1. The maximum atomic E-state index is 13.3. The van der Waals surface area contributed by atoms with Crippen LogP contribution in [0.2, 0.25) is 10.0 Å². The number of amides is 3. The van der Waals surface area contributed by atoms with Crippen LogP contribution in [0.3, 0.4) is 0 Å². The monoisotopic (exact) mass is 522 g/mol. The van der Waals surface area contributed by atoms with E-state index in [0.717, 1.165) is 0 Å². The van der Waals surface area contributed by atoms with Gasteiger partial charge in [0.2, 0.25) is 11.9 Å². The van der Waals surface area contributed by atoms with Gasteiger partial charge < -0.3 is 24.8 Å². The first-order chi connectivity index (χ1) is 16.8. The van der Waals surface area contributed by atoms with Gasteiger partial charge in [0.05, 0.1) is 51.7 Å². The quantitative estimate of drug-likeness (QED) is 0.533. The fraction of sp³-hybridized carbons (Fsp3) is 0.364. The molecule has 13 heteroatoms. The van der Waals surface area contributed by atoms with Crippen LogP contribution in [0, 0.1) is 0 Å². The van der Waals surface area contributed by atoms with Gasteiger partial charge in [0.15, 0.2) is 0 Å². The number of benzene rings is 1. The molecule has 186 valence electrons. The fourth-order valence-electron chi connectivity index (χ4n) is 3.91. The van der Waals surface area contributed by atoms with E-state index in [2.05, 4.69) is 27.2 Å². The summed E-state index contributed by atoms with van der Waals surface area (Å²) in [5.41, 5.74) is 0.934. The summed E-state index contributed by atoms with van der Waals surface area (Å²) in [5.74, 6) is 1.06. The molecule has 1 fully saturated rings. The van der Waals surface area contributed by atoms with E-state index in [1.807, 2.05) is 0 Å². The van der Waals surface area contributed by atoms with Gasteiger partial charge in [-0.15, -0.1) is 0 Å². The van der Waals surface area contributed by atoms with E-state index < -0.39 is 6.03 Å². The third-order valence-corrected chi connectivity index (χ3v) is 6.46. The average molecular weight is 523 g/mol. The van der Waals surface area contributed by atoms with Crippen molar-refractivity contribution in [1.29, 1.82) is 0 Å². The molecule has 2 atom stereocenters. The number of carbonyl (C=O) groups is 2. The smallest absolute Gasteiger partial charge is 0.330 e. The summed E-state index contributed by atoms with van der Waals surface area (Å²) in [4.78, 5) is 36.8. The van der Waals surface area contributed by atoms with Crippen LogP contribution in [0.4, 0.5) is 22.2 Å². The number of ether oxygens (including phenoxy) is 3. The molecule has 1 aromatic heterocycles. The second kappa shape index (κ2) is 10.1. The second-order valence-corrected chi connectivity index (χ2v) is 8.59. The van der Waals surface area contributed by atoms with Gasteiger partial charge in [-0.2, -0.15) is 4.98 Å². The third kappa shape index (κ3) is 4.66. The third-order valence-electron chi connectivity index (χ3n) is 5.73. The first-order valence-corrected chi connectivity index (χ1v) is 11.3. The molecule has 0 aliphatic carbocycles. The summed E-state index contributed by atoms with van der Waals surface area (Å²) in [6.07, 6.45) is 2.82. The number of hydrogen-bond acceptors (Lipinski definition) is 8. The molecule has 0 radical (unpaired) electrons. The van der Waals surface area contributed by atoms with Crippen molar-refractivity contribution >= 4 is 52.6 Å². The lowest BCUT2D eigenvalue weighted by atomic mass is 10.1. The summed E-state index contributed by atoms with van der Waals surface area (Å²) in [7, 11) is 4.51. The highest BCUT2D eigenvalue weighted by atomic mass is 35.5. The first kappa shape index (κ1) is 24.8. The summed E-state index contributed by atoms with van der Waals surface area (Å²) in [6.45, 7) is 4.30. The van der Waals surface area contributed by atoms with Crippen LogP contribution in [0.25, 0.3) is 0 Å². The van der Waals surface area contributed by atoms with Gasteiger partial charge in [-0.25, -0.2) is 9.78 Å². The summed E-state index contributed by atoms with van der Waals surface area (Å²) >= 11 is 13.1. The topological polar surface area (TPSA) is 118 Å². The molecule has 0 unspecified atom stereocenters. The molecule has 2 aliphatic heterocycles. The van der Waals surface area contributed by atoms with Crippen molar-refractivity contribution in [2.75, 3.05) is 49.6 Å². The highest BCUT2D eigenvalue weighted by molar-refractivity contribution is 6.42. The minimum Gasteiger partial charge on any atom is -0.495 e. The van der Waals surface area contributed by atoms with Crippen molar-refractivity contribution in [3.63, 3.8) is 0 Å². The molecular formula is C22H24Cl2N6O5. The molecule has 2 aliphatic rings. The Morgan fingerprint density at radius 1 is 1.23 bits per heavy atom. The lowest BCUT2D eigenvalue weighted by Crippen LogP contribution is -2.47. The predicted molar refractivity (Wildman–Crippen MR) is 132 cm³/mol. The molecule has 4 rings (SSSR count). The Morgan fingerprint density at radius 2 is 1.89 bits per heavy atom. The zero-order chi connectivity index (χ0) is 25.3. The molecule has 1 aromatic carbocycles. The SMILES string of the molecule is C=CC(=O)N[C@@H]1COC[C@@H]1Nc1ncc2c(n1)N(C)C(=O)N(c1c(Cl)c(OC)cc(OC)c1Cl)C2. The fourth-order valence-corrected chi connectivity index (χ4v) is 4.61. The lowest BCUT2D eigenvalue weighted by Gasteiger charge is -2.35. The zero-order valence-corrected chi connectivity index (χ0v) is 20.8. The molecule has 3 heterocycles. The molecule has 1 saturated heterocycles. The van der Waals surface area contributed by atoms with E-state index in [-0.39, 0.29) is 40.3 Å². The van der Waals surface area contributed by atoms with Crippen molar-refractivity contribution in [2.24, 2.45) is 0 Å². The number of hydrogen-bond donors (Lipinski definition) is 2. The van der Waals surface area contributed by atoms with Crippen molar-refractivity contribution in [1.82, 2.24) is 15.3 Å². The molecule has 0 saturated carbocycles. The minimum absolute atomic E-state index is 0.124. The maximum Gasteiger partial charge on any atom is 0.330 e. The largest absolute Gasteiger partial charge is 0.495 e. The Bertz CT molecular complexity index is 1150. The number of aromatic nitrogens is 2. The number of nitrogens with one attached hydrogen (secondary N) is 2. The van der Waals surface area contributed by atoms with Crippen molar-refractivity contribution in [2.45, 2.75) is 18.6 Å². The van der Waals surface area contributed by atoms with Gasteiger partial charge in [0.1, 0.15) is 27.4 Å². The predicted octanol–water partition coefficient (Wildman–Crippen LogP) is 2.86. The average Bonchev–Trinajstić information content (AvgIpc) is 3.28. The van der Waals surface area contributed by atoms with Crippen LogP contribution in [0.5, 0.6) is 11.5 Å². The zero-order valence-electron chi connectivity index (χ0n) is 19.3. The Morgan fingerprint density at radius 3 is 2.51 bits per heavy atom. The van der Waals surface area contributed by atoms with Crippen molar-refractivity contribution < 1.29 is 23.8 Å². The molecule has 35 heavy (non-hydrogen) atoms. The molecule has 11 nitrogen and oxygen atoms in total. The van der Waals surface area contributed by atoms with Gasteiger partial charge >= 0.3 is 6.03 Å². The van der Waals surface area contributed by atoms with E-state index in [0.29, 0.717) is 42.0 Å². The van der Waals surface area contributed by atoms with E-state index in [1.165, 1.54) is 30.1 Å². The van der Waals surface area contributed by atoms with E-state index in [4.69, 9.17) is 37.4 Å². The van der Waals surface area contributed by atoms with E-state index in [9.17, 15) is 9.59 Å². The number of halogens is 2. The molecule has 3 amide bonds. The number of urea groups is 1. The Hall–Kier alpha value is -3.28. The Kier molecular flexibility index (Phi) is 7.20. The number of anilines is 3. The highest BCUT2D eigenvalue weighted by Gasteiger charge is 2.35. The lowest BCUT2D eigenvalue weighted by molar-refractivity contribution is -0.117. The molecule has 0 bridgehead atoms. The molecule has 2 aromatic rings. The van der Waals surface area contributed by atoms with Gasteiger partial charge in [0.25, 0.3) is 0 Å². The van der Waals surface area contributed by atoms with Crippen LogP contribution >= 0.6 is 23.2 Å². The normalized spacial score (nSPS) is 19.3. The summed E-state index contributed by atoms with van der Waals surface area (Å²) in [6, 6.07) is 0.627. The van der Waals surface area contributed by atoms with Crippen LogP contribution < -0.4 is 29.9 Å². The minimum atomic E-state index is -0.401. The van der Waals surface area contributed by atoms with Crippen molar-refractivity contribution in [3.8, 4) is 11.5 Å². The maximum absolute atomic E-state index is 13.3. The molecule has 2 N–H and O–H groups in total. The van der Waals surface area contributed by atoms with Gasteiger partial charge in [0, 0.05) is 24.9 Å². The van der Waals surface area contributed by atoms with Crippen LogP contribution in [0.15, 0.2) is 24.9 Å². The number of fused-ring (bicyclic) bond motifs is 1. The molecule has 0 spiro atoms. The first-order valence-electron chi connectivity index (χ1n) is 10.6. The number of rotatable bonds is 7. The Labute approximate surface area is 211 Å². The van der Waals surface area contributed by atoms with Gasteiger partial charge in [-0.1, -0.05) is 29.8 Å². The number of carbonyl (C=O) groups excluding carboxylic acids is 2. The van der Waals surface area contributed by atoms with Crippen LogP contribution in [0.1, 0.15) is 5.56 Å². The number of nitrogens with zero attached hydrogens (tertiary/aromatic N) is 4. The highest BCUT2D eigenvalue weighted by Crippen LogP contribution is 2.47. The van der Waals surface area contributed by atoms with Crippen molar-refractivity contribution in [3.05, 3.63) is 40.5 Å². The van der Waals surface area contributed by atoms with Crippen LogP contribution in [-0.2, 0) is 16.1 Å². The second-order valence-electron chi connectivity index (χ2n) is 7.84. The number of methoxy groups -OCH3 is 2. The van der Waals surface area contributed by atoms with Crippen LogP contribution in [-0.4, -0.2) is 68.5 Å². The van der Waals surface area contributed by atoms with Gasteiger partial charge in [-0.05, 0) is 6.08 Å². The van der Waals surface area contributed by atoms with Gasteiger partial charge in [-0.3, -0.25) is 14.6 Å². The van der Waals surface area contributed by atoms with E-state index in [1.54, 1.807) is 19.3 Å². The molecular weight excluding hydrogens is 499 g/mol.